The van der Waals surface area contributed by atoms with Crippen LogP contribution in [0.2, 0.25) is 0 Å². The normalized spacial score (nSPS) is 17.8. The molecule has 0 saturated heterocycles. The molecular weight excluding hydrogens is 783 g/mol. The Labute approximate surface area is 387 Å². The minimum atomic E-state index is -0.677. The minimum Gasteiger partial charge on any atom is -0.311 e. The molecule has 0 fully saturated rings. The second kappa shape index (κ2) is 14.7. The van der Waals surface area contributed by atoms with Crippen LogP contribution in [0.4, 0.5) is 17.1 Å². The van der Waals surface area contributed by atoms with Crippen LogP contribution in [0.5, 0.6) is 0 Å². The Balaban J connectivity index is 1.02. The van der Waals surface area contributed by atoms with Crippen LogP contribution in [0.25, 0.3) is 43.8 Å². The van der Waals surface area contributed by atoms with E-state index < -0.39 is 29.0 Å². The van der Waals surface area contributed by atoms with Crippen LogP contribution < -0.4 is 4.90 Å². The van der Waals surface area contributed by atoms with Crippen molar-refractivity contribution in [3.8, 4) is 22.3 Å². The Kier molecular flexibility index (Phi) is 7.31. The second-order valence-electron chi connectivity index (χ2n) is 17.1. The maximum Gasteiger partial charge on any atom is 0.0713 e. The molecule has 0 radical (unpaired) electrons. The van der Waals surface area contributed by atoms with Crippen LogP contribution in [0, 0.1) is 0 Å². The molecule has 0 N–H and O–H groups in total. The fourth-order valence-electron chi connectivity index (χ4n) is 11.5. The highest BCUT2D eigenvalue weighted by atomic mass is 15.1. The number of fused-ring (bicyclic) bond motifs is 10. The Hall–Kier alpha value is -8.26. The third-order valence-corrected chi connectivity index (χ3v) is 14.1. The molecule has 1 heteroatoms. The van der Waals surface area contributed by atoms with E-state index in [9.17, 15) is 2.74 Å². The molecule has 0 bridgehead atoms. The largest absolute Gasteiger partial charge is 0.311 e. The first-order chi connectivity index (χ1) is 34.3. The quantitative estimate of drug-likeness (QED) is 0.155. The van der Waals surface area contributed by atoms with Crippen LogP contribution in [0.3, 0.4) is 0 Å². The zero-order valence-electron chi connectivity index (χ0n) is 40.4. The highest BCUT2D eigenvalue weighted by molar-refractivity contribution is 6.05. The molecule has 1 nitrogen and oxygen atoms in total. The van der Waals surface area contributed by atoms with Crippen LogP contribution in [-0.4, -0.2) is 0 Å². The predicted molar refractivity (Wildman–Crippen MR) is 271 cm³/mol. The summed E-state index contributed by atoms with van der Waals surface area (Å²) in [6, 6.07) is 80.0. The van der Waals surface area contributed by atoms with Gasteiger partial charge >= 0.3 is 0 Å². The topological polar surface area (TPSA) is 3.24 Å². The molecule has 0 aromatic heterocycles. The molecule has 304 valence electrons. The molecule has 11 aromatic rings. The highest BCUT2D eigenvalue weighted by Gasteiger charge is 2.48. The third kappa shape index (κ3) is 5.33. The van der Waals surface area contributed by atoms with Gasteiger partial charge in [-0.15, -0.1) is 0 Å². The number of hydrogen-bond donors (Lipinski definition) is 0. The summed E-state index contributed by atoms with van der Waals surface area (Å²) in [7, 11) is 0. The van der Waals surface area contributed by atoms with E-state index in [1.54, 1.807) is 0 Å². The Morgan fingerprint density at radius 2 is 0.677 bits per heavy atom. The molecule has 65 heavy (non-hydrogen) atoms. The van der Waals surface area contributed by atoms with Crippen LogP contribution >= 0.6 is 0 Å². The number of nitrogens with zero attached hydrogens (tertiary/aromatic N) is 1. The molecule has 11 aromatic carbocycles. The minimum absolute atomic E-state index is 0.0769. The van der Waals surface area contributed by atoms with Crippen molar-refractivity contribution in [1.82, 2.24) is 0 Å². The molecule has 2 aliphatic carbocycles. The fourth-order valence-corrected chi connectivity index (χ4v) is 11.5. The van der Waals surface area contributed by atoms with Gasteiger partial charge in [-0.05, 0) is 125 Å². The van der Waals surface area contributed by atoms with Gasteiger partial charge in [-0.3, -0.25) is 0 Å². The monoisotopic (exact) mass is 830 g/mol. The lowest BCUT2D eigenvalue weighted by molar-refractivity contribution is 0.768. The zero-order chi connectivity index (χ0) is 47.3. The standard InChI is InChI=1S/C64H43N/c1-4-20-46(21-5-1)63(57-30-16-14-28-55(57)61-53-26-12-10-18-44(53)32-42-59(61)63)48-34-38-51(39-35-48)65(50-24-8-3-9-25-50)52-40-36-49(37-41-52)64(47-22-6-2-7-23-47)58-31-17-15-29-56(58)62-54-27-13-11-19-45(54)33-43-60(62)64/h1-43H/i3D,8D,9D,24D,25D. The average molecular weight is 831 g/mol. The van der Waals surface area contributed by atoms with Crippen LogP contribution in [0.15, 0.2) is 261 Å². The van der Waals surface area contributed by atoms with Gasteiger partial charge in [0.1, 0.15) is 0 Å². The van der Waals surface area contributed by atoms with Gasteiger partial charge in [0.25, 0.3) is 0 Å². The van der Waals surface area contributed by atoms with E-state index >= 15 is 0 Å². The first kappa shape index (κ1) is 32.4. The molecule has 0 spiro atoms. The third-order valence-electron chi connectivity index (χ3n) is 14.1. The van der Waals surface area contributed by atoms with Gasteiger partial charge in [0, 0.05) is 17.1 Å². The number of anilines is 3. The van der Waals surface area contributed by atoms with Crippen molar-refractivity contribution in [2.75, 3.05) is 4.90 Å². The fraction of sp³-hybridized carbons (Fsp3) is 0.0312. The first-order valence-electron chi connectivity index (χ1n) is 24.8. The van der Waals surface area contributed by atoms with Crippen molar-refractivity contribution in [3.63, 3.8) is 0 Å². The van der Waals surface area contributed by atoms with Crippen LogP contribution in [0.1, 0.15) is 51.4 Å². The summed E-state index contributed by atoms with van der Waals surface area (Å²) in [4.78, 5) is 1.83. The van der Waals surface area contributed by atoms with Crippen LogP contribution in [-0.2, 0) is 10.8 Å². The molecule has 0 saturated carbocycles. The number of benzene rings is 11. The van der Waals surface area contributed by atoms with Gasteiger partial charge in [0.05, 0.1) is 17.7 Å². The lowest BCUT2D eigenvalue weighted by Gasteiger charge is -2.35. The van der Waals surface area contributed by atoms with Crippen molar-refractivity contribution < 1.29 is 6.85 Å². The Bertz CT molecular complexity index is 3640. The van der Waals surface area contributed by atoms with E-state index in [4.69, 9.17) is 4.11 Å². The zero-order valence-corrected chi connectivity index (χ0v) is 35.4. The molecule has 2 aliphatic rings. The van der Waals surface area contributed by atoms with Gasteiger partial charge in [0.2, 0.25) is 0 Å². The van der Waals surface area contributed by atoms with Crippen molar-refractivity contribution in [2.24, 2.45) is 0 Å². The van der Waals surface area contributed by atoms with E-state index in [1.807, 2.05) is 29.2 Å². The van der Waals surface area contributed by atoms with Gasteiger partial charge in [-0.25, -0.2) is 0 Å². The Morgan fingerprint density at radius 1 is 0.292 bits per heavy atom. The molecule has 0 amide bonds. The van der Waals surface area contributed by atoms with Gasteiger partial charge < -0.3 is 4.90 Å². The maximum absolute atomic E-state index is 9.35. The number of hydrogen-bond acceptors (Lipinski definition) is 1. The summed E-state index contributed by atoms with van der Waals surface area (Å²) in [5.74, 6) is 0. The summed E-state index contributed by atoms with van der Waals surface area (Å²) in [5.41, 5.74) is 14.0. The second-order valence-corrected chi connectivity index (χ2v) is 17.1. The van der Waals surface area contributed by atoms with Gasteiger partial charge in [-0.2, -0.15) is 0 Å². The van der Waals surface area contributed by atoms with E-state index in [0.717, 1.165) is 22.3 Å². The van der Waals surface area contributed by atoms with E-state index in [1.165, 1.54) is 66.1 Å². The number of rotatable bonds is 7. The summed E-state index contributed by atoms with van der Waals surface area (Å²) in [6.07, 6.45) is 0. The smallest absolute Gasteiger partial charge is 0.0713 e. The predicted octanol–water partition coefficient (Wildman–Crippen LogP) is 16.2. The molecule has 2 atom stereocenters. The number of para-hydroxylation sites is 1. The van der Waals surface area contributed by atoms with Crippen molar-refractivity contribution in [1.29, 1.82) is 0 Å². The molecule has 0 aliphatic heterocycles. The SMILES string of the molecule is [2H]c1c([2H])c([2H])c(N(c2ccc(C3(c4ccccc4)c4ccccc4-c4c3ccc3ccccc43)cc2)c2ccc(C3(c4ccccc4)c4ccccc4-c4c3ccc3ccccc43)cc2)c([2H])c1[2H]. The molecule has 2 unspecified atom stereocenters. The highest BCUT2D eigenvalue weighted by Crippen LogP contribution is 2.60. The van der Waals surface area contributed by atoms with E-state index in [0.29, 0.717) is 11.4 Å². The van der Waals surface area contributed by atoms with E-state index in [-0.39, 0.29) is 17.8 Å². The molecule has 13 rings (SSSR count). The Morgan fingerprint density at radius 3 is 1.14 bits per heavy atom. The van der Waals surface area contributed by atoms with Crippen molar-refractivity contribution in [2.45, 2.75) is 10.8 Å². The summed E-state index contributed by atoms with van der Waals surface area (Å²) in [6.45, 7) is 0. The van der Waals surface area contributed by atoms with E-state index in [2.05, 4.69) is 206 Å². The summed E-state index contributed by atoms with van der Waals surface area (Å²) in [5, 5.41) is 4.76. The first-order valence-corrected chi connectivity index (χ1v) is 22.3. The summed E-state index contributed by atoms with van der Waals surface area (Å²) < 4.78 is 45.0. The maximum atomic E-state index is 9.35. The molecular formula is C64H43N. The van der Waals surface area contributed by atoms with Gasteiger partial charge in [-0.1, -0.05) is 224 Å². The lowest BCUT2D eigenvalue weighted by Crippen LogP contribution is -2.28. The van der Waals surface area contributed by atoms with Crippen molar-refractivity contribution >= 4 is 38.6 Å². The lowest BCUT2D eigenvalue weighted by atomic mass is 9.67. The molecule has 0 heterocycles. The summed E-state index contributed by atoms with van der Waals surface area (Å²) >= 11 is 0. The van der Waals surface area contributed by atoms with Gasteiger partial charge in [0.15, 0.2) is 0 Å². The van der Waals surface area contributed by atoms with Crippen molar-refractivity contribution in [3.05, 3.63) is 305 Å². The average Bonchev–Trinajstić information content (AvgIpc) is 3.91.